The number of carbonyl (C=O) groups is 3. The Kier molecular flexibility index (Phi) is 23.2. The summed E-state index contributed by atoms with van der Waals surface area (Å²) in [5, 5.41) is 0. The van der Waals surface area contributed by atoms with E-state index in [2.05, 4.69) is 14.2 Å². The first-order chi connectivity index (χ1) is 15.3. The Balaban J connectivity index is -0.000000203. The number of hydrogen-bond acceptors (Lipinski definition) is 6. The molecule has 0 N–H and O–H groups in total. The fourth-order valence-electron chi connectivity index (χ4n) is 1.10. The van der Waals surface area contributed by atoms with Crippen LogP contribution in [0.3, 0.4) is 0 Å². The molecule has 0 aliphatic carbocycles. The van der Waals surface area contributed by atoms with Gasteiger partial charge in [0, 0.05) is 18.8 Å². The van der Waals surface area contributed by atoms with Crippen molar-refractivity contribution in [3.8, 4) is 0 Å². The first-order valence-electron chi connectivity index (χ1n) is 8.98. The SMILES string of the molecule is CCO/C=C/C(=O)C(F)(F)F.CCO/C=C\C(=O)C(F)(F)F.CCOC(Cl)CC(=O)C(F)(F)F.Cl. The number of rotatable bonds is 10. The molecule has 0 radical (unpaired) electrons. The Hall–Kier alpha value is -2.00. The number of ketones is 3. The van der Waals surface area contributed by atoms with Gasteiger partial charge in [-0.1, -0.05) is 11.6 Å². The van der Waals surface area contributed by atoms with Crippen molar-refractivity contribution in [1.29, 1.82) is 0 Å². The third-order valence-electron chi connectivity index (χ3n) is 2.53. The Morgan fingerprint density at radius 1 is 0.714 bits per heavy atom. The molecule has 0 aliphatic heterocycles. The van der Waals surface area contributed by atoms with Crippen molar-refractivity contribution >= 4 is 41.4 Å². The smallest absolute Gasteiger partial charge is 0.454 e. The summed E-state index contributed by atoms with van der Waals surface area (Å²) < 4.78 is 117. The second-order valence-corrected chi connectivity index (χ2v) is 5.72. The molecule has 35 heavy (non-hydrogen) atoms. The molecular formula is C18H23Cl2F9O6. The lowest BCUT2D eigenvalue weighted by Gasteiger charge is -2.09. The Labute approximate surface area is 205 Å². The molecule has 208 valence electrons. The zero-order chi connectivity index (χ0) is 27.6. The van der Waals surface area contributed by atoms with E-state index in [4.69, 9.17) is 11.6 Å². The molecule has 0 saturated carbocycles. The average Bonchev–Trinajstić information content (AvgIpc) is 2.67. The standard InChI is InChI=1S/C6H8ClF3O2.2C6H7F3O2.ClH/c1-2-12-5(7)3-4(11)6(8,9)10;2*1-2-11-4-3-5(10)6(7,8)9;/h5H,2-3H2,1H3;2*3-4H,2H2,1H3;1H/b;4-3+;4-3-;. The van der Waals surface area contributed by atoms with Crippen LogP contribution in [0.25, 0.3) is 0 Å². The lowest BCUT2D eigenvalue weighted by molar-refractivity contribution is -0.172. The van der Waals surface area contributed by atoms with E-state index in [1.807, 2.05) is 0 Å². The van der Waals surface area contributed by atoms with Crippen molar-refractivity contribution in [3.05, 3.63) is 24.7 Å². The highest BCUT2D eigenvalue weighted by Gasteiger charge is 2.39. The van der Waals surface area contributed by atoms with Crippen LogP contribution in [0.5, 0.6) is 0 Å². The monoisotopic (exact) mass is 576 g/mol. The van der Waals surface area contributed by atoms with Crippen LogP contribution >= 0.6 is 24.0 Å². The fourth-order valence-corrected chi connectivity index (χ4v) is 1.37. The summed E-state index contributed by atoms with van der Waals surface area (Å²) in [4.78, 5) is 30.4. The van der Waals surface area contributed by atoms with Crippen LogP contribution in [0, 0.1) is 0 Å². The van der Waals surface area contributed by atoms with Gasteiger partial charge in [0.25, 0.3) is 11.6 Å². The van der Waals surface area contributed by atoms with Gasteiger partial charge in [0.05, 0.1) is 32.2 Å². The molecule has 0 aliphatic rings. The van der Waals surface area contributed by atoms with Gasteiger partial charge in [-0.25, -0.2) is 0 Å². The van der Waals surface area contributed by atoms with Crippen molar-refractivity contribution in [3.63, 3.8) is 0 Å². The minimum absolute atomic E-state index is 0. The van der Waals surface area contributed by atoms with Gasteiger partial charge < -0.3 is 14.2 Å². The molecule has 0 saturated heterocycles. The molecular weight excluding hydrogens is 554 g/mol. The van der Waals surface area contributed by atoms with E-state index in [-0.39, 0.29) is 32.2 Å². The third kappa shape index (κ3) is 26.4. The number of alkyl halides is 10. The van der Waals surface area contributed by atoms with Gasteiger partial charge in [0.1, 0.15) is 5.56 Å². The maximum Gasteiger partial charge on any atom is 0.454 e. The second-order valence-electron chi connectivity index (χ2n) is 5.23. The third-order valence-corrected chi connectivity index (χ3v) is 2.81. The predicted octanol–water partition coefficient (Wildman–Crippen LogP) is 5.87. The van der Waals surface area contributed by atoms with E-state index in [0.29, 0.717) is 12.2 Å². The lowest BCUT2D eigenvalue weighted by atomic mass is 10.3. The molecule has 0 fully saturated rings. The molecule has 0 aromatic carbocycles. The summed E-state index contributed by atoms with van der Waals surface area (Å²) in [7, 11) is 0. The molecule has 1 atom stereocenters. The van der Waals surface area contributed by atoms with Crippen molar-refractivity contribution in [2.75, 3.05) is 19.8 Å². The van der Waals surface area contributed by atoms with Gasteiger partial charge in [0.2, 0.25) is 5.78 Å². The maximum absolute atomic E-state index is 11.6. The van der Waals surface area contributed by atoms with Crippen LogP contribution in [0.2, 0.25) is 0 Å². The molecule has 1 unspecified atom stereocenters. The summed E-state index contributed by atoms with van der Waals surface area (Å²) in [5.74, 6) is -5.69. The number of Topliss-reactive ketones (excluding diaryl/α,β-unsaturated/α-hetero) is 1. The first kappa shape index (κ1) is 40.2. The molecule has 0 bridgehead atoms. The number of hydrogen-bond donors (Lipinski definition) is 0. The zero-order valence-electron chi connectivity index (χ0n) is 18.4. The van der Waals surface area contributed by atoms with Crippen LogP contribution in [-0.2, 0) is 28.6 Å². The Morgan fingerprint density at radius 2 is 1.06 bits per heavy atom. The summed E-state index contributed by atoms with van der Waals surface area (Å²) >= 11 is 5.24. The van der Waals surface area contributed by atoms with Gasteiger partial charge in [-0.2, -0.15) is 39.5 Å². The first-order valence-corrected chi connectivity index (χ1v) is 9.42. The van der Waals surface area contributed by atoms with Crippen LogP contribution < -0.4 is 0 Å². The van der Waals surface area contributed by atoms with Crippen LogP contribution in [0.15, 0.2) is 24.7 Å². The normalized spacial score (nSPS) is 12.5. The van der Waals surface area contributed by atoms with Crippen molar-refractivity contribution in [2.24, 2.45) is 0 Å². The minimum Gasteiger partial charge on any atom is -0.501 e. The van der Waals surface area contributed by atoms with Crippen LogP contribution in [0.1, 0.15) is 27.2 Å². The maximum atomic E-state index is 11.6. The quantitative estimate of drug-likeness (QED) is 0.140. The molecule has 6 nitrogen and oxygen atoms in total. The van der Waals surface area contributed by atoms with Gasteiger partial charge >= 0.3 is 18.5 Å². The van der Waals surface area contributed by atoms with E-state index in [1.165, 1.54) is 0 Å². The summed E-state index contributed by atoms with van der Waals surface area (Å²) in [6.07, 6.45) is -13.1. The molecule has 0 rings (SSSR count). The van der Waals surface area contributed by atoms with E-state index >= 15 is 0 Å². The highest BCUT2D eigenvalue weighted by molar-refractivity contribution is 6.21. The summed E-state index contributed by atoms with van der Waals surface area (Å²) in [6.45, 7) is 5.43. The van der Waals surface area contributed by atoms with Crippen molar-refractivity contribution < 1.29 is 68.1 Å². The number of allylic oxidation sites excluding steroid dienone is 2. The van der Waals surface area contributed by atoms with E-state index in [9.17, 15) is 53.9 Å². The molecule has 0 spiro atoms. The topological polar surface area (TPSA) is 78.9 Å². The minimum atomic E-state index is -4.82. The largest absolute Gasteiger partial charge is 0.501 e. The van der Waals surface area contributed by atoms with Crippen molar-refractivity contribution in [1.82, 2.24) is 0 Å². The van der Waals surface area contributed by atoms with Crippen molar-refractivity contribution in [2.45, 2.75) is 51.3 Å². The summed E-state index contributed by atoms with van der Waals surface area (Å²) in [6, 6.07) is 0. The van der Waals surface area contributed by atoms with Gasteiger partial charge in [-0.15, -0.1) is 12.4 Å². The second kappa shape index (κ2) is 20.2. The highest BCUT2D eigenvalue weighted by Crippen LogP contribution is 2.20. The Morgan fingerprint density at radius 3 is 1.29 bits per heavy atom. The van der Waals surface area contributed by atoms with Gasteiger partial charge in [0.15, 0.2) is 0 Å². The number of ether oxygens (including phenoxy) is 3. The molecule has 17 heteroatoms. The zero-order valence-corrected chi connectivity index (χ0v) is 19.9. The van der Waals surface area contributed by atoms with E-state index in [1.54, 1.807) is 20.8 Å². The molecule has 0 amide bonds. The fraction of sp³-hybridized carbons (Fsp3) is 0.611. The van der Waals surface area contributed by atoms with E-state index in [0.717, 1.165) is 12.5 Å². The average molecular weight is 577 g/mol. The van der Waals surface area contributed by atoms with Crippen LogP contribution in [0.4, 0.5) is 39.5 Å². The number of halogens is 11. The Bertz CT molecular complexity index is 622. The highest BCUT2D eigenvalue weighted by atomic mass is 35.5. The van der Waals surface area contributed by atoms with E-state index < -0.39 is 47.9 Å². The van der Waals surface area contributed by atoms with Crippen LogP contribution in [-0.4, -0.2) is 61.3 Å². The molecule has 0 aromatic rings. The van der Waals surface area contributed by atoms with Gasteiger partial charge in [-0.05, 0) is 20.8 Å². The summed E-state index contributed by atoms with van der Waals surface area (Å²) in [5.41, 5.74) is -1.19. The predicted molar refractivity (Wildman–Crippen MR) is 108 cm³/mol. The number of carbonyl (C=O) groups excluding carboxylic acids is 3. The van der Waals surface area contributed by atoms with Gasteiger partial charge in [-0.3, -0.25) is 14.4 Å². The lowest BCUT2D eigenvalue weighted by Crippen LogP contribution is -2.26. The molecule has 0 heterocycles. The molecule has 0 aromatic heterocycles.